The molecule has 0 aliphatic carbocycles. The SMILES string of the molecule is C=C(C)C#CC(C(C)C)N(O)Cc1ccccc1. The molecule has 0 spiro atoms. The average Bonchev–Trinajstić information content (AvgIpc) is 2.29. The summed E-state index contributed by atoms with van der Waals surface area (Å²) in [6.45, 7) is 10.2. The lowest BCUT2D eigenvalue weighted by molar-refractivity contribution is -0.129. The smallest absolute Gasteiger partial charge is 0.0986 e. The van der Waals surface area contributed by atoms with Crippen molar-refractivity contribution in [3.05, 3.63) is 48.0 Å². The summed E-state index contributed by atoms with van der Waals surface area (Å²) < 4.78 is 0. The number of allylic oxidation sites excluding steroid dienone is 1. The molecule has 0 aromatic heterocycles. The van der Waals surface area contributed by atoms with Gasteiger partial charge in [0.15, 0.2) is 0 Å². The maximum atomic E-state index is 10.1. The highest BCUT2D eigenvalue weighted by atomic mass is 16.5. The molecular weight excluding hydrogens is 222 g/mol. The van der Waals surface area contributed by atoms with Crippen LogP contribution in [0.4, 0.5) is 0 Å². The van der Waals surface area contributed by atoms with Crippen LogP contribution in [-0.2, 0) is 6.54 Å². The van der Waals surface area contributed by atoms with E-state index in [4.69, 9.17) is 0 Å². The highest BCUT2D eigenvalue weighted by Gasteiger charge is 2.18. The van der Waals surface area contributed by atoms with Gasteiger partial charge in [-0.1, -0.05) is 62.6 Å². The Morgan fingerprint density at radius 1 is 1.33 bits per heavy atom. The summed E-state index contributed by atoms with van der Waals surface area (Å²) in [5.41, 5.74) is 1.89. The second kappa shape index (κ2) is 7.00. The molecule has 0 aliphatic rings. The highest BCUT2D eigenvalue weighted by molar-refractivity contribution is 5.26. The molecule has 96 valence electrons. The molecule has 0 aliphatic heterocycles. The number of nitrogens with zero attached hydrogens (tertiary/aromatic N) is 1. The first-order valence-corrected chi connectivity index (χ1v) is 6.17. The zero-order valence-corrected chi connectivity index (χ0v) is 11.4. The van der Waals surface area contributed by atoms with Gasteiger partial charge in [0.2, 0.25) is 0 Å². The van der Waals surface area contributed by atoms with Gasteiger partial charge in [-0.05, 0) is 24.0 Å². The Bertz CT molecular complexity index is 439. The van der Waals surface area contributed by atoms with Gasteiger partial charge >= 0.3 is 0 Å². The fourth-order valence-corrected chi connectivity index (χ4v) is 1.65. The molecule has 1 atom stereocenters. The van der Waals surface area contributed by atoms with Crippen LogP contribution < -0.4 is 0 Å². The third kappa shape index (κ3) is 4.75. The first-order chi connectivity index (χ1) is 8.50. The molecule has 0 amide bonds. The number of hydrogen-bond acceptors (Lipinski definition) is 2. The molecule has 1 N–H and O–H groups in total. The molecule has 18 heavy (non-hydrogen) atoms. The second-order valence-electron chi connectivity index (χ2n) is 4.82. The highest BCUT2D eigenvalue weighted by Crippen LogP contribution is 2.12. The van der Waals surface area contributed by atoms with Gasteiger partial charge in [-0.15, -0.1) is 0 Å². The van der Waals surface area contributed by atoms with E-state index in [1.54, 1.807) is 0 Å². The van der Waals surface area contributed by atoms with Crippen molar-refractivity contribution in [3.8, 4) is 11.8 Å². The predicted octanol–water partition coefficient (Wildman–Crippen LogP) is 3.48. The van der Waals surface area contributed by atoms with Crippen LogP contribution in [0.3, 0.4) is 0 Å². The molecule has 0 fully saturated rings. The summed E-state index contributed by atoms with van der Waals surface area (Å²) in [5.74, 6) is 6.27. The Balaban J connectivity index is 2.75. The van der Waals surface area contributed by atoms with Gasteiger partial charge in [-0.25, -0.2) is 0 Å². The van der Waals surface area contributed by atoms with Crippen LogP contribution in [0.5, 0.6) is 0 Å². The van der Waals surface area contributed by atoms with Gasteiger partial charge in [0, 0.05) is 0 Å². The molecule has 0 saturated carbocycles. The minimum absolute atomic E-state index is 0.179. The van der Waals surface area contributed by atoms with Crippen molar-refractivity contribution in [2.45, 2.75) is 33.4 Å². The lowest BCUT2D eigenvalue weighted by Gasteiger charge is -2.24. The van der Waals surface area contributed by atoms with Crippen LogP contribution in [0.1, 0.15) is 26.3 Å². The number of hydrogen-bond donors (Lipinski definition) is 1. The molecular formula is C16H21NO. The monoisotopic (exact) mass is 243 g/mol. The third-order valence-corrected chi connectivity index (χ3v) is 2.57. The zero-order chi connectivity index (χ0) is 13.5. The summed E-state index contributed by atoms with van der Waals surface area (Å²) in [7, 11) is 0. The van der Waals surface area contributed by atoms with Gasteiger partial charge < -0.3 is 5.21 Å². The third-order valence-electron chi connectivity index (χ3n) is 2.57. The minimum atomic E-state index is -0.179. The topological polar surface area (TPSA) is 23.5 Å². The summed E-state index contributed by atoms with van der Waals surface area (Å²) in [4.78, 5) is 0. The van der Waals surface area contributed by atoms with Crippen LogP contribution in [-0.4, -0.2) is 16.3 Å². The van der Waals surface area contributed by atoms with E-state index in [0.717, 1.165) is 11.1 Å². The lowest BCUT2D eigenvalue weighted by atomic mass is 10.0. The number of rotatable bonds is 4. The molecule has 2 heteroatoms. The van der Waals surface area contributed by atoms with Crippen molar-refractivity contribution in [2.75, 3.05) is 0 Å². The summed E-state index contributed by atoms with van der Waals surface area (Å²) >= 11 is 0. The van der Waals surface area contributed by atoms with E-state index in [2.05, 4.69) is 18.4 Å². The quantitative estimate of drug-likeness (QED) is 0.646. The van der Waals surface area contributed by atoms with Crippen LogP contribution in [0.2, 0.25) is 0 Å². The van der Waals surface area contributed by atoms with Crippen LogP contribution in [0.15, 0.2) is 42.5 Å². The molecule has 0 bridgehead atoms. The Morgan fingerprint density at radius 3 is 2.44 bits per heavy atom. The van der Waals surface area contributed by atoms with Crippen molar-refractivity contribution in [1.29, 1.82) is 0 Å². The van der Waals surface area contributed by atoms with E-state index >= 15 is 0 Å². The molecule has 0 radical (unpaired) electrons. The van der Waals surface area contributed by atoms with E-state index in [0.29, 0.717) is 6.54 Å². The van der Waals surface area contributed by atoms with Crippen LogP contribution >= 0.6 is 0 Å². The molecule has 0 heterocycles. The van der Waals surface area contributed by atoms with Crippen LogP contribution in [0.25, 0.3) is 0 Å². The first kappa shape index (κ1) is 14.5. The lowest BCUT2D eigenvalue weighted by Crippen LogP contribution is -2.34. The van der Waals surface area contributed by atoms with E-state index in [-0.39, 0.29) is 12.0 Å². The summed E-state index contributed by atoms with van der Waals surface area (Å²) in [5, 5.41) is 11.4. The molecule has 1 rings (SSSR count). The largest absolute Gasteiger partial charge is 0.312 e. The fraction of sp³-hybridized carbons (Fsp3) is 0.375. The summed E-state index contributed by atoms with van der Waals surface area (Å²) in [6, 6.07) is 9.70. The first-order valence-electron chi connectivity index (χ1n) is 6.17. The van der Waals surface area contributed by atoms with E-state index in [1.165, 1.54) is 5.06 Å². The van der Waals surface area contributed by atoms with Gasteiger partial charge in [-0.3, -0.25) is 0 Å². The van der Waals surface area contributed by atoms with Crippen LogP contribution in [0, 0.1) is 17.8 Å². The van der Waals surface area contributed by atoms with Gasteiger partial charge in [0.25, 0.3) is 0 Å². The maximum absolute atomic E-state index is 10.1. The number of hydroxylamine groups is 2. The predicted molar refractivity (Wildman–Crippen MR) is 75.0 cm³/mol. The van der Waals surface area contributed by atoms with E-state index in [1.807, 2.05) is 51.1 Å². The standard InChI is InChI=1S/C16H21NO/c1-13(2)10-11-16(14(3)4)17(18)12-15-8-6-5-7-9-15/h5-9,14,16,18H,1,12H2,2-4H3. The zero-order valence-electron chi connectivity index (χ0n) is 11.4. The molecule has 2 nitrogen and oxygen atoms in total. The van der Waals surface area contributed by atoms with Crippen molar-refractivity contribution in [3.63, 3.8) is 0 Å². The Hall–Kier alpha value is -1.56. The van der Waals surface area contributed by atoms with Crippen molar-refractivity contribution in [1.82, 2.24) is 5.06 Å². The molecule has 1 unspecified atom stereocenters. The fourth-order valence-electron chi connectivity index (χ4n) is 1.65. The molecule has 0 saturated heterocycles. The normalized spacial score (nSPS) is 12.1. The van der Waals surface area contributed by atoms with Crippen molar-refractivity contribution in [2.24, 2.45) is 5.92 Å². The summed E-state index contributed by atoms with van der Waals surface area (Å²) in [6.07, 6.45) is 0. The average molecular weight is 243 g/mol. The van der Waals surface area contributed by atoms with Gasteiger partial charge in [0.1, 0.15) is 0 Å². The maximum Gasteiger partial charge on any atom is 0.0986 e. The van der Waals surface area contributed by atoms with E-state index < -0.39 is 0 Å². The Labute approximate surface area is 110 Å². The van der Waals surface area contributed by atoms with Crippen molar-refractivity contribution >= 4 is 0 Å². The van der Waals surface area contributed by atoms with E-state index in [9.17, 15) is 5.21 Å². The van der Waals surface area contributed by atoms with Gasteiger partial charge in [-0.2, -0.15) is 5.06 Å². The second-order valence-corrected chi connectivity index (χ2v) is 4.82. The Kier molecular flexibility index (Phi) is 5.64. The Morgan fingerprint density at radius 2 is 1.94 bits per heavy atom. The number of benzene rings is 1. The van der Waals surface area contributed by atoms with Gasteiger partial charge in [0.05, 0.1) is 12.6 Å². The molecule has 1 aromatic rings. The van der Waals surface area contributed by atoms with Crippen molar-refractivity contribution < 1.29 is 5.21 Å². The minimum Gasteiger partial charge on any atom is -0.312 e. The molecule has 1 aromatic carbocycles.